The van der Waals surface area contributed by atoms with Gasteiger partial charge in [0.2, 0.25) is 21.1 Å². The van der Waals surface area contributed by atoms with Gasteiger partial charge in [0, 0.05) is 33.1 Å². The van der Waals surface area contributed by atoms with Crippen molar-refractivity contribution >= 4 is 51.9 Å². The minimum absolute atomic E-state index is 0.317. The number of hydrogen-bond donors (Lipinski definition) is 0. The monoisotopic (exact) mass is 645 g/mol. The molecule has 2 heterocycles. The SMILES string of the molecule is CCOP(=O)(OCC)c1ccc(-c2cc(C=C3C=C(c4ccccc4)SC(c4ccccc4)=C3)cc(-c3ccccc3)[s+]2)cc1. The van der Waals surface area contributed by atoms with Gasteiger partial charge in [-0.25, -0.2) is 0 Å². The molecule has 6 rings (SSSR count). The summed E-state index contributed by atoms with van der Waals surface area (Å²) in [6.45, 7) is 4.29. The maximum absolute atomic E-state index is 13.4. The second kappa shape index (κ2) is 14.5. The summed E-state index contributed by atoms with van der Waals surface area (Å²) >= 11 is 3.54. The number of rotatable bonds is 10. The molecule has 0 bridgehead atoms. The molecule has 3 nitrogen and oxygen atoms in total. The Bertz CT molecular complexity index is 1830. The van der Waals surface area contributed by atoms with Crippen molar-refractivity contribution in [3.05, 3.63) is 162 Å². The molecule has 0 aliphatic carbocycles. The Morgan fingerprint density at radius 3 is 1.53 bits per heavy atom. The van der Waals surface area contributed by atoms with Crippen LogP contribution in [0.2, 0.25) is 0 Å². The van der Waals surface area contributed by atoms with Crippen molar-refractivity contribution in [3.63, 3.8) is 0 Å². The van der Waals surface area contributed by atoms with E-state index >= 15 is 0 Å². The zero-order chi connectivity index (χ0) is 31.1. The molecular formula is C39H34O3PS2+. The van der Waals surface area contributed by atoms with Gasteiger partial charge in [-0.15, -0.1) is 0 Å². The van der Waals surface area contributed by atoms with Gasteiger partial charge >= 0.3 is 7.60 Å². The second-order valence-corrected chi connectivity index (χ2v) is 14.6. The minimum Gasteiger partial charge on any atom is -0.305 e. The standard InChI is InChI=1S/C39H34O3PS2/c1-3-41-43(40,42-4-2)35-22-20-34(21-23-35)39-28-30(27-38(45-39)33-18-12-7-13-19-33)24-29-25-36(31-14-8-5-9-15-31)44-37(26-29)32-16-10-6-11-17-32/h5-28H,3-4H2,1-2H3/q+1. The van der Waals surface area contributed by atoms with Crippen LogP contribution in [0.5, 0.6) is 0 Å². The fourth-order valence-corrected chi connectivity index (χ4v) is 8.95. The van der Waals surface area contributed by atoms with Gasteiger partial charge < -0.3 is 9.05 Å². The van der Waals surface area contributed by atoms with E-state index < -0.39 is 7.60 Å². The van der Waals surface area contributed by atoms with Gasteiger partial charge in [0.25, 0.3) is 0 Å². The van der Waals surface area contributed by atoms with Crippen LogP contribution in [0.4, 0.5) is 0 Å². The smallest absolute Gasteiger partial charge is 0.305 e. The summed E-state index contributed by atoms with van der Waals surface area (Å²) in [7, 11) is -3.36. The summed E-state index contributed by atoms with van der Waals surface area (Å²) in [6.07, 6.45) is 6.82. The molecule has 6 heteroatoms. The summed E-state index contributed by atoms with van der Waals surface area (Å²) in [5.74, 6) is 0. The normalized spacial score (nSPS) is 13.2. The van der Waals surface area contributed by atoms with E-state index in [4.69, 9.17) is 9.05 Å². The van der Waals surface area contributed by atoms with Crippen molar-refractivity contribution in [3.8, 4) is 20.9 Å². The third kappa shape index (κ3) is 7.53. The molecule has 0 N–H and O–H groups in total. The molecule has 0 atom stereocenters. The van der Waals surface area contributed by atoms with Crippen LogP contribution in [-0.2, 0) is 13.6 Å². The predicted molar refractivity (Wildman–Crippen MR) is 194 cm³/mol. The highest BCUT2D eigenvalue weighted by molar-refractivity contribution is 8.16. The van der Waals surface area contributed by atoms with Crippen molar-refractivity contribution in [1.29, 1.82) is 0 Å². The van der Waals surface area contributed by atoms with Crippen LogP contribution in [-0.4, -0.2) is 13.2 Å². The van der Waals surface area contributed by atoms with E-state index in [1.54, 1.807) is 23.1 Å². The van der Waals surface area contributed by atoms with Crippen LogP contribution in [0.25, 0.3) is 36.8 Å². The molecule has 1 aliphatic heterocycles. The molecule has 45 heavy (non-hydrogen) atoms. The van der Waals surface area contributed by atoms with Gasteiger partial charge in [-0.1, -0.05) is 90.6 Å². The number of thioether (sulfide) groups is 1. The Labute approximate surface area is 274 Å². The summed E-state index contributed by atoms with van der Waals surface area (Å²) < 4.78 is 24.5. The average molecular weight is 646 g/mol. The fraction of sp³-hybridized carbons (Fsp3) is 0.103. The van der Waals surface area contributed by atoms with Crippen LogP contribution < -0.4 is 5.30 Å². The topological polar surface area (TPSA) is 35.5 Å². The van der Waals surface area contributed by atoms with E-state index in [9.17, 15) is 4.57 Å². The first-order valence-corrected chi connectivity index (χ1v) is 18.2. The Morgan fingerprint density at radius 1 is 0.622 bits per heavy atom. The molecule has 1 aliphatic rings. The molecule has 1 aromatic heterocycles. The van der Waals surface area contributed by atoms with E-state index in [0.29, 0.717) is 18.5 Å². The lowest BCUT2D eigenvalue weighted by Crippen LogP contribution is -2.10. The van der Waals surface area contributed by atoms with Gasteiger partial charge in [0.05, 0.1) is 18.5 Å². The quantitative estimate of drug-likeness (QED) is 0.112. The summed E-state index contributed by atoms with van der Waals surface area (Å²) in [5.41, 5.74) is 6.85. The van der Waals surface area contributed by atoms with Crippen molar-refractivity contribution in [2.75, 3.05) is 13.2 Å². The lowest BCUT2D eigenvalue weighted by atomic mass is 10.0. The van der Waals surface area contributed by atoms with Gasteiger partial charge in [-0.2, -0.15) is 0 Å². The van der Waals surface area contributed by atoms with Crippen LogP contribution in [0.1, 0.15) is 30.5 Å². The molecule has 0 saturated heterocycles. The first kappa shape index (κ1) is 31.2. The van der Waals surface area contributed by atoms with E-state index in [-0.39, 0.29) is 0 Å². The van der Waals surface area contributed by atoms with E-state index in [2.05, 4.69) is 115 Å². The average Bonchev–Trinajstić information content (AvgIpc) is 3.09. The van der Waals surface area contributed by atoms with Gasteiger partial charge in [-0.05, 0) is 90.7 Å². The highest BCUT2D eigenvalue weighted by Crippen LogP contribution is 2.47. The number of hydrogen-bond acceptors (Lipinski definition) is 4. The molecular weight excluding hydrogens is 612 g/mol. The zero-order valence-corrected chi connectivity index (χ0v) is 27.8. The number of benzene rings is 4. The molecule has 0 spiro atoms. The lowest BCUT2D eigenvalue weighted by Gasteiger charge is -2.17. The first-order valence-electron chi connectivity index (χ1n) is 15.0. The Balaban J connectivity index is 1.45. The predicted octanol–water partition coefficient (Wildman–Crippen LogP) is 11.5. The Morgan fingerprint density at radius 2 is 1.07 bits per heavy atom. The lowest BCUT2D eigenvalue weighted by molar-refractivity contribution is 0.230. The molecule has 0 radical (unpaired) electrons. The van der Waals surface area contributed by atoms with Crippen molar-refractivity contribution < 1.29 is 13.6 Å². The van der Waals surface area contributed by atoms with Crippen molar-refractivity contribution in [1.82, 2.24) is 0 Å². The second-order valence-electron chi connectivity index (χ2n) is 10.4. The first-order chi connectivity index (χ1) is 22.0. The maximum Gasteiger partial charge on any atom is 0.361 e. The Hall–Kier alpha value is -3.83. The maximum atomic E-state index is 13.4. The molecule has 0 fully saturated rings. The highest BCUT2D eigenvalue weighted by Gasteiger charge is 2.27. The van der Waals surface area contributed by atoms with Gasteiger partial charge in [0.15, 0.2) is 0 Å². The molecule has 0 saturated carbocycles. The summed E-state index contributed by atoms with van der Waals surface area (Å²) in [5, 5.41) is 0.568. The summed E-state index contributed by atoms with van der Waals surface area (Å²) in [6, 6.07) is 43.8. The largest absolute Gasteiger partial charge is 0.361 e. The fourth-order valence-electron chi connectivity index (χ4n) is 5.11. The molecule has 0 amide bonds. The van der Waals surface area contributed by atoms with Crippen LogP contribution >= 0.6 is 30.7 Å². The number of allylic oxidation sites excluding steroid dienone is 3. The third-order valence-electron chi connectivity index (χ3n) is 7.21. The van der Waals surface area contributed by atoms with Crippen molar-refractivity contribution in [2.24, 2.45) is 0 Å². The summed E-state index contributed by atoms with van der Waals surface area (Å²) in [4.78, 5) is 4.72. The van der Waals surface area contributed by atoms with Gasteiger partial charge in [0.1, 0.15) is 0 Å². The Kier molecular flexibility index (Phi) is 10.0. The zero-order valence-electron chi connectivity index (χ0n) is 25.3. The van der Waals surface area contributed by atoms with Gasteiger partial charge in [-0.3, -0.25) is 4.57 Å². The van der Waals surface area contributed by atoms with Crippen LogP contribution in [0.15, 0.2) is 145 Å². The minimum atomic E-state index is -3.36. The van der Waals surface area contributed by atoms with E-state index in [1.807, 2.05) is 44.2 Å². The van der Waals surface area contributed by atoms with Crippen molar-refractivity contribution in [2.45, 2.75) is 13.8 Å². The highest BCUT2D eigenvalue weighted by atomic mass is 32.2. The van der Waals surface area contributed by atoms with Crippen LogP contribution in [0, 0.1) is 0 Å². The van der Waals surface area contributed by atoms with Crippen LogP contribution in [0.3, 0.4) is 0 Å². The van der Waals surface area contributed by atoms with E-state index in [0.717, 1.165) is 27.1 Å². The molecule has 5 aromatic rings. The van der Waals surface area contributed by atoms with E-state index in [1.165, 1.54) is 25.8 Å². The molecule has 224 valence electrons. The molecule has 0 unspecified atom stereocenters. The third-order valence-corrected chi connectivity index (χ3v) is 11.6. The molecule has 4 aromatic carbocycles.